The first-order chi connectivity index (χ1) is 9.54. The van der Waals surface area contributed by atoms with Crippen LogP contribution in [0.1, 0.15) is 32.6 Å². The van der Waals surface area contributed by atoms with Crippen LogP contribution in [0.25, 0.3) is 0 Å². The van der Waals surface area contributed by atoms with Crippen LogP contribution in [-0.4, -0.2) is 60.4 Å². The highest BCUT2D eigenvalue weighted by molar-refractivity contribution is 5.83. The summed E-state index contributed by atoms with van der Waals surface area (Å²) in [4.78, 5) is 25.2. The Labute approximate surface area is 119 Å². The lowest BCUT2D eigenvalue weighted by Gasteiger charge is -2.31. The molecule has 3 atom stereocenters. The fourth-order valence-electron chi connectivity index (χ4n) is 2.72. The Balaban J connectivity index is 1.96. The molecule has 0 bridgehead atoms. The Hall–Kier alpha value is -1.14. The summed E-state index contributed by atoms with van der Waals surface area (Å²) in [5, 5.41) is 8.93. The van der Waals surface area contributed by atoms with E-state index in [-0.39, 0.29) is 11.9 Å². The van der Waals surface area contributed by atoms with Crippen molar-refractivity contribution in [2.24, 2.45) is 5.92 Å². The van der Waals surface area contributed by atoms with Crippen molar-refractivity contribution < 1.29 is 24.2 Å². The van der Waals surface area contributed by atoms with Crippen molar-refractivity contribution in [3.05, 3.63) is 0 Å². The topological polar surface area (TPSA) is 76.1 Å². The predicted octanol–water partition coefficient (Wildman–Crippen LogP) is 0.892. The number of aliphatic carboxylic acids is 1. The maximum Gasteiger partial charge on any atom is 0.332 e. The lowest BCUT2D eigenvalue weighted by molar-refractivity contribution is -0.156. The van der Waals surface area contributed by atoms with E-state index in [1.807, 2.05) is 0 Å². The molecular formula is C14H23NO5. The maximum atomic E-state index is 12.5. The Morgan fingerprint density at radius 2 is 1.95 bits per heavy atom. The van der Waals surface area contributed by atoms with Crippen molar-refractivity contribution in [1.82, 2.24) is 4.90 Å². The number of carboxylic acid groups (broad SMARTS) is 1. The van der Waals surface area contributed by atoms with Crippen molar-refractivity contribution in [1.29, 1.82) is 0 Å². The lowest BCUT2D eigenvalue weighted by atomic mass is 10.1. The largest absolute Gasteiger partial charge is 0.479 e. The van der Waals surface area contributed by atoms with Gasteiger partial charge in [-0.1, -0.05) is 0 Å². The number of carbonyl (C=O) groups excluding carboxylic acids is 1. The second-order valence-corrected chi connectivity index (χ2v) is 5.63. The van der Waals surface area contributed by atoms with Gasteiger partial charge in [0.1, 0.15) is 6.10 Å². The van der Waals surface area contributed by atoms with Gasteiger partial charge in [-0.25, -0.2) is 4.79 Å². The molecule has 0 radical (unpaired) electrons. The zero-order valence-electron chi connectivity index (χ0n) is 12.1. The van der Waals surface area contributed by atoms with Crippen LogP contribution in [0.4, 0.5) is 0 Å². The first-order valence-corrected chi connectivity index (χ1v) is 7.22. The Bertz CT molecular complexity index is 369. The van der Waals surface area contributed by atoms with Crippen molar-refractivity contribution in [3.63, 3.8) is 0 Å². The number of hydrogen-bond donors (Lipinski definition) is 1. The Morgan fingerprint density at radius 3 is 2.45 bits per heavy atom. The number of carbonyl (C=O) groups is 2. The van der Waals surface area contributed by atoms with Crippen LogP contribution in [0.3, 0.4) is 0 Å². The third-order valence-electron chi connectivity index (χ3n) is 4.19. The van der Waals surface area contributed by atoms with Gasteiger partial charge in [0.2, 0.25) is 0 Å². The van der Waals surface area contributed by atoms with Gasteiger partial charge in [-0.15, -0.1) is 0 Å². The minimum absolute atomic E-state index is 0.0924. The van der Waals surface area contributed by atoms with Crippen LogP contribution in [0.2, 0.25) is 0 Å². The monoisotopic (exact) mass is 285 g/mol. The van der Waals surface area contributed by atoms with Gasteiger partial charge < -0.3 is 19.5 Å². The number of ether oxygens (including phenoxy) is 2. The molecule has 1 amide bonds. The second-order valence-electron chi connectivity index (χ2n) is 5.63. The smallest absolute Gasteiger partial charge is 0.332 e. The third kappa shape index (κ3) is 3.49. The minimum atomic E-state index is -0.987. The fourth-order valence-corrected chi connectivity index (χ4v) is 2.72. The van der Waals surface area contributed by atoms with Gasteiger partial charge in [0, 0.05) is 19.7 Å². The molecule has 1 N–H and O–H groups in total. The second kappa shape index (κ2) is 6.54. The van der Waals surface area contributed by atoms with Crippen molar-refractivity contribution >= 4 is 11.9 Å². The molecule has 6 nitrogen and oxygen atoms in total. The highest BCUT2D eigenvalue weighted by Gasteiger charge is 2.40. The van der Waals surface area contributed by atoms with E-state index in [2.05, 4.69) is 6.92 Å². The fraction of sp³-hybridized carbons (Fsp3) is 0.857. The molecule has 0 aromatic carbocycles. The molecule has 2 rings (SSSR count). The number of rotatable bonds is 7. The van der Waals surface area contributed by atoms with Crippen LogP contribution in [0, 0.1) is 5.92 Å². The number of amides is 1. The lowest BCUT2D eigenvalue weighted by Crippen LogP contribution is -2.47. The molecule has 0 aromatic heterocycles. The molecule has 0 spiro atoms. The van der Waals surface area contributed by atoms with Gasteiger partial charge in [0.25, 0.3) is 5.91 Å². The molecule has 0 aromatic rings. The highest BCUT2D eigenvalue weighted by atomic mass is 16.5. The summed E-state index contributed by atoms with van der Waals surface area (Å²) >= 11 is 0. The number of nitrogens with zero attached hydrogens (tertiary/aromatic N) is 1. The zero-order valence-corrected chi connectivity index (χ0v) is 12.1. The van der Waals surface area contributed by atoms with Gasteiger partial charge in [0.05, 0.1) is 6.61 Å². The molecule has 6 heteroatoms. The number of methoxy groups -OCH3 is 1. The number of hydrogen-bond acceptors (Lipinski definition) is 4. The SMILES string of the molecule is COCCN(C(=O)[C@@H]1CC[C@H](C(=O)O)O1)C(C)C1CC1. The summed E-state index contributed by atoms with van der Waals surface area (Å²) in [6.07, 6.45) is 1.74. The molecule has 2 aliphatic rings. The van der Waals surface area contributed by atoms with Crippen LogP contribution >= 0.6 is 0 Å². The molecule has 1 heterocycles. The maximum absolute atomic E-state index is 12.5. The summed E-state index contributed by atoms with van der Waals surface area (Å²) in [6, 6.07) is 0.171. The zero-order chi connectivity index (χ0) is 14.7. The molecule has 2 fully saturated rings. The van der Waals surface area contributed by atoms with Crippen LogP contribution < -0.4 is 0 Å². The molecule has 1 saturated heterocycles. The molecular weight excluding hydrogens is 262 g/mol. The summed E-state index contributed by atoms with van der Waals surface area (Å²) in [5.74, 6) is -0.517. The molecule has 1 unspecified atom stereocenters. The van der Waals surface area contributed by atoms with E-state index in [4.69, 9.17) is 14.6 Å². The summed E-state index contributed by atoms with van der Waals surface area (Å²) in [7, 11) is 1.61. The summed E-state index contributed by atoms with van der Waals surface area (Å²) in [5.41, 5.74) is 0. The normalized spacial score (nSPS) is 27.3. The molecule has 114 valence electrons. The van der Waals surface area contributed by atoms with Crippen molar-refractivity contribution in [3.8, 4) is 0 Å². The highest BCUT2D eigenvalue weighted by Crippen LogP contribution is 2.36. The van der Waals surface area contributed by atoms with Gasteiger partial charge in [0.15, 0.2) is 6.10 Å². The van der Waals surface area contributed by atoms with E-state index in [0.29, 0.717) is 31.9 Å². The average molecular weight is 285 g/mol. The van der Waals surface area contributed by atoms with Gasteiger partial charge in [-0.3, -0.25) is 4.79 Å². The van der Waals surface area contributed by atoms with Gasteiger partial charge >= 0.3 is 5.97 Å². The Morgan fingerprint density at radius 1 is 1.30 bits per heavy atom. The molecule has 1 aliphatic carbocycles. The molecule has 1 aliphatic heterocycles. The van der Waals surface area contributed by atoms with Crippen molar-refractivity contribution in [2.75, 3.05) is 20.3 Å². The average Bonchev–Trinajstić information content (AvgIpc) is 3.15. The van der Waals surface area contributed by atoms with E-state index in [0.717, 1.165) is 12.8 Å². The van der Waals surface area contributed by atoms with Crippen LogP contribution in [-0.2, 0) is 19.1 Å². The van der Waals surface area contributed by atoms with E-state index in [1.54, 1.807) is 12.0 Å². The first kappa shape index (κ1) is 15.3. The third-order valence-corrected chi connectivity index (χ3v) is 4.19. The van der Waals surface area contributed by atoms with Crippen LogP contribution in [0.5, 0.6) is 0 Å². The Kier molecular flexibility index (Phi) is 4.99. The predicted molar refractivity (Wildman–Crippen MR) is 71.3 cm³/mol. The van der Waals surface area contributed by atoms with Crippen molar-refractivity contribution in [2.45, 2.75) is 50.9 Å². The van der Waals surface area contributed by atoms with E-state index in [9.17, 15) is 9.59 Å². The van der Waals surface area contributed by atoms with E-state index >= 15 is 0 Å². The van der Waals surface area contributed by atoms with Crippen LogP contribution in [0.15, 0.2) is 0 Å². The quantitative estimate of drug-likeness (QED) is 0.752. The summed E-state index contributed by atoms with van der Waals surface area (Å²) in [6.45, 7) is 3.07. The summed E-state index contributed by atoms with van der Waals surface area (Å²) < 4.78 is 10.4. The first-order valence-electron chi connectivity index (χ1n) is 7.22. The minimum Gasteiger partial charge on any atom is -0.479 e. The van der Waals surface area contributed by atoms with Gasteiger partial charge in [-0.05, 0) is 38.5 Å². The van der Waals surface area contributed by atoms with E-state index in [1.165, 1.54) is 0 Å². The van der Waals surface area contributed by atoms with E-state index < -0.39 is 18.2 Å². The standard InChI is InChI=1S/C14H23NO5/c1-9(10-3-4-10)15(7-8-19-2)13(16)11-5-6-12(20-11)14(17)18/h9-12H,3-8H2,1-2H3,(H,17,18)/t9?,11-,12+/m0/s1. The molecule has 1 saturated carbocycles. The molecule has 20 heavy (non-hydrogen) atoms. The van der Waals surface area contributed by atoms with Gasteiger partial charge in [-0.2, -0.15) is 0 Å². The number of carboxylic acids is 1.